The van der Waals surface area contributed by atoms with Crippen LogP contribution in [0.4, 0.5) is 5.69 Å². The minimum atomic E-state index is -0.837. The largest absolute Gasteiger partial charge is 0.398 e. The van der Waals surface area contributed by atoms with E-state index in [0.29, 0.717) is 12.2 Å². The van der Waals surface area contributed by atoms with Gasteiger partial charge in [-0.05, 0) is 25.5 Å². The molecule has 1 fully saturated rings. The highest BCUT2D eigenvalue weighted by Gasteiger charge is 2.32. The molecule has 2 heterocycles. The standard InChI is InChI=1S/C10H15N3O/c11-9-2-5-12-6-8(9)10(14)3-1-4-13-7-10/h2,5-6,13-14H,1,3-4,7H2,(H2,11,12). The summed E-state index contributed by atoms with van der Waals surface area (Å²) in [6.07, 6.45) is 5.00. The molecule has 1 aliphatic rings. The van der Waals surface area contributed by atoms with Crippen LogP contribution in [0.5, 0.6) is 0 Å². The molecule has 0 saturated carbocycles. The van der Waals surface area contributed by atoms with Crippen LogP contribution in [0, 0.1) is 0 Å². The lowest BCUT2D eigenvalue weighted by molar-refractivity contribution is 0.0127. The van der Waals surface area contributed by atoms with Crippen molar-refractivity contribution in [3.63, 3.8) is 0 Å². The molecule has 1 aromatic rings. The summed E-state index contributed by atoms with van der Waals surface area (Å²) in [5.41, 5.74) is 6.33. The second kappa shape index (κ2) is 3.55. The Kier molecular flexibility index (Phi) is 2.39. The van der Waals surface area contributed by atoms with Gasteiger partial charge in [-0.2, -0.15) is 0 Å². The van der Waals surface area contributed by atoms with Crippen molar-refractivity contribution in [2.24, 2.45) is 0 Å². The molecule has 1 aromatic heterocycles. The third kappa shape index (κ3) is 1.58. The third-order valence-electron chi connectivity index (χ3n) is 2.72. The molecule has 0 amide bonds. The number of aliphatic hydroxyl groups is 1. The first-order chi connectivity index (χ1) is 6.72. The predicted octanol–water partition coefficient (Wildman–Crippen LogP) is 0.235. The van der Waals surface area contributed by atoms with Gasteiger partial charge in [0.2, 0.25) is 0 Å². The molecule has 1 aliphatic heterocycles. The van der Waals surface area contributed by atoms with Crippen LogP contribution in [0.15, 0.2) is 18.5 Å². The van der Waals surface area contributed by atoms with Gasteiger partial charge < -0.3 is 16.2 Å². The highest BCUT2D eigenvalue weighted by Crippen LogP contribution is 2.31. The maximum Gasteiger partial charge on any atom is 0.105 e. The Bertz CT molecular complexity index is 321. The molecule has 76 valence electrons. The quantitative estimate of drug-likeness (QED) is 0.597. The monoisotopic (exact) mass is 193 g/mol. The van der Waals surface area contributed by atoms with Crippen LogP contribution < -0.4 is 11.1 Å². The fraction of sp³-hybridized carbons (Fsp3) is 0.500. The summed E-state index contributed by atoms with van der Waals surface area (Å²) < 4.78 is 0. The van der Waals surface area contributed by atoms with Crippen LogP contribution in [0.1, 0.15) is 18.4 Å². The van der Waals surface area contributed by atoms with Crippen molar-refractivity contribution in [1.29, 1.82) is 0 Å². The predicted molar refractivity (Wildman–Crippen MR) is 54.6 cm³/mol. The van der Waals surface area contributed by atoms with Crippen molar-refractivity contribution in [2.75, 3.05) is 18.8 Å². The maximum absolute atomic E-state index is 10.3. The smallest absolute Gasteiger partial charge is 0.105 e. The molecule has 14 heavy (non-hydrogen) atoms. The van der Waals surface area contributed by atoms with E-state index in [-0.39, 0.29) is 0 Å². The zero-order chi connectivity index (χ0) is 10.0. The number of anilines is 1. The highest BCUT2D eigenvalue weighted by molar-refractivity contribution is 5.48. The van der Waals surface area contributed by atoms with Crippen LogP contribution in [0.2, 0.25) is 0 Å². The van der Waals surface area contributed by atoms with Crippen molar-refractivity contribution in [2.45, 2.75) is 18.4 Å². The van der Waals surface area contributed by atoms with Gasteiger partial charge in [0.15, 0.2) is 0 Å². The summed E-state index contributed by atoms with van der Waals surface area (Å²) in [6, 6.07) is 1.72. The first-order valence-corrected chi connectivity index (χ1v) is 4.85. The molecule has 0 aromatic carbocycles. The van der Waals surface area contributed by atoms with Gasteiger partial charge in [-0.1, -0.05) is 0 Å². The molecular formula is C10H15N3O. The Labute approximate surface area is 83.2 Å². The van der Waals surface area contributed by atoms with Crippen LogP contribution in [0.25, 0.3) is 0 Å². The van der Waals surface area contributed by atoms with Gasteiger partial charge in [-0.3, -0.25) is 4.98 Å². The molecule has 4 N–H and O–H groups in total. The summed E-state index contributed by atoms with van der Waals surface area (Å²) in [5.74, 6) is 0. The lowest BCUT2D eigenvalue weighted by atomic mass is 9.87. The van der Waals surface area contributed by atoms with Gasteiger partial charge in [0.05, 0.1) is 0 Å². The summed E-state index contributed by atoms with van der Waals surface area (Å²) in [6.45, 7) is 1.52. The number of pyridine rings is 1. The molecule has 1 atom stereocenters. The average Bonchev–Trinajstić information content (AvgIpc) is 2.19. The van der Waals surface area contributed by atoms with E-state index in [4.69, 9.17) is 5.73 Å². The van der Waals surface area contributed by atoms with Crippen molar-refractivity contribution in [3.8, 4) is 0 Å². The number of nitrogens with zero attached hydrogens (tertiary/aromatic N) is 1. The van der Waals surface area contributed by atoms with Gasteiger partial charge in [-0.15, -0.1) is 0 Å². The molecule has 0 spiro atoms. The van der Waals surface area contributed by atoms with Crippen molar-refractivity contribution >= 4 is 5.69 Å². The molecular weight excluding hydrogens is 178 g/mol. The van der Waals surface area contributed by atoms with Gasteiger partial charge in [0.1, 0.15) is 5.60 Å². The summed E-state index contributed by atoms with van der Waals surface area (Å²) >= 11 is 0. The Hall–Kier alpha value is -1.13. The number of rotatable bonds is 1. The van der Waals surface area contributed by atoms with Gasteiger partial charge in [0.25, 0.3) is 0 Å². The van der Waals surface area contributed by atoms with E-state index in [1.54, 1.807) is 18.5 Å². The number of piperidine rings is 1. The first-order valence-electron chi connectivity index (χ1n) is 4.85. The zero-order valence-electron chi connectivity index (χ0n) is 8.03. The van der Waals surface area contributed by atoms with Gasteiger partial charge in [0, 0.05) is 30.2 Å². The Morgan fingerprint density at radius 1 is 1.57 bits per heavy atom. The van der Waals surface area contributed by atoms with E-state index in [9.17, 15) is 5.11 Å². The Morgan fingerprint density at radius 3 is 3.07 bits per heavy atom. The number of β-amino-alcohol motifs (C(OH)–C–C–N with tert-alkyl or cyclic N) is 1. The highest BCUT2D eigenvalue weighted by atomic mass is 16.3. The molecule has 4 nitrogen and oxygen atoms in total. The fourth-order valence-electron chi connectivity index (χ4n) is 1.91. The van der Waals surface area contributed by atoms with Crippen molar-refractivity contribution < 1.29 is 5.11 Å². The molecule has 0 aliphatic carbocycles. The molecule has 1 unspecified atom stereocenters. The minimum absolute atomic E-state index is 0.558. The number of nitrogens with two attached hydrogens (primary N) is 1. The van der Waals surface area contributed by atoms with Gasteiger partial charge in [-0.25, -0.2) is 0 Å². The second-order valence-corrected chi connectivity index (χ2v) is 3.77. The van der Waals surface area contributed by atoms with E-state index in [1.165, 1.54) is 0 Å². The van der Waals surface area contributed by atoms with Crippen LogP contribution in [0.3, 0.4) is 0 Å². The van der Waals surface area contributed by atoms with Crippen LogP contribution >= 0.6 is 0 Å². The van der Waals surface area contributed by atoms with E-state index < -0.39 is 5.60 Å². The molecule has 2 rings (SSSR count). The molecule has 1 saturated heterocycles. The zero-order valence-corrected chi connectivity index (χ0v) is 8.03. The number of hydrogen-bond donors (Lipinski definition) is 3. The minimum Gasteiger partial charge on any atom is -0.398 e. The van der Waals surface area contributed by atoms with Crippen LogP contribution in [-0.2, 0) is 5.60 Å². The average molecular weight is 193 g/mol. The molecule has 0 bridgehead atoms. The van der Waals surface area contributed by atoms with Crippen LogP contribution in [-0.4, -0.2) is 23.2 Å². The topological polar surface area (TPSA) is 71.2 Å². The molecule has 0 radical (unpaired) electrons. The SMILES string of the molecule is Nc1ccncc1C1(O)CCCNC1. The first kappa shape index (κ1) is 9.43. The summed E-state index contributed by atoms with van der Waals surface area (Å²) in [7, 11) is 0. The summed E-state index contributed by atoms with van der Waals surface area (Å²) in [5, 5.41) is 13.5. The maximum atomic E-state index is 10.3. The Balaban J connectivity index is 2.32. The van der Waals surface area contributed by atoms with Crippen molar-refractivity contribution in [3.05, 3.63) is 24.0 Å². The number of hydrogen-bond acceptors (Lipinski definition) is 4. The lowest BCUT2D eigenvalue weighted by Gasteiger charge is -2.33. The van der Waals surface area contributed by atoms with E-state index in [1.807, 2.05) is 0 Å². The van der Waals surface area contributed by atoms with Crippen molar-refractivity contribution in [1.82, 2.24) is 10.3 Å². The fourth-order valence-corrected chi connectivity index (χ4v) is 1.91. The number of nitrogens with one attached hydrogen (secondary N) is 1. The number of aromatic nitrogens is 1. The van der Waals surface area contributed by atoms with E-state index >= 15 is 0 Å². The Morgan fingerprint density at radius 2 is 2.43 bits per heavy atom. The number of nitrogen functional groups attached to an aromatic ring is 1. The van der Waals surface area contributed by atoms with Gasteiger partial charge >= 0.3 is 0 Å². The lowest BCUT2D eigenvalue weighted by Crippen LogP contribution is -2.43. The van der Waals surface area contributed by atoms with E-state index in [0.717, 1.165) is 24.9 Å². The second-order valence-electron chi connectivity index (χ2n) is 3.77. The van der Waals surface area contributed by atoms with E-state index in [2.05, 4.69) is 10.3 Å². The summed E-state index contributed by atoms with van der Waals surface area (Å²) in [4.78, 5) is 4.00. The normalized spacial score (nSPS) is 27.5. The third-order valence-corrected chi connectivity index (χ3v) is 2.72. The molecule has 4 heteroatoms.